The van der Waals surface area contributed by atoms with Gasteiger partial charge in [-0.05, 0) is 55.0 Å². The number of nitrogens with zero attached hydrogens (tertiary/aromatic N) is 1. The number of hydrogen-bond donors (Lipinski definition) is 1. The van der Waals surface area contributed by atoms with Crippen molar-refractivity contribution in [3.63, 3.8) is 0 Å². The lowest BCUT2D eigenvalue weighted by molar-refractivity contribution is -0.112. The maximum absolute atomic E-state index is 13.2. The van der Waals surface area contributed by atoms with Gasteiger partial charge in [0.15, 0.2) is 5.78 Å². The Kier molecular flexibility index (Phi) is 5.37. The quantitative estimate of drug-likeness (QED) is 0.370. The molecule has 0 atom stereocenters. The monoisotopic (exact) mass is 412 g/mol. The minimum atomic E-state index is -0.778. The molecular formula is C25H20N2O4. The van der Waals surface area contributed by atoms with Crippen LogP contribution in [0.2, 0.25) is 0 Å². The number of pyridine rings is 1. The minimum Gasteiger partial charge on any atom is -0.497 e. The summed E-state index contributed by atoms with van der Waals surface area (Å²) in [4.78, 5) is 37.7. The second-order valence-electron chi connectivity index (χ2n) is 7.05. The molecule has 154 valence electrons. The number of amides is 1. The van der Waals surface area contributed by atoms with Crippen molar-refractivity contribution in [2.24, 2.45) is 0 Å². The summed E-state index contributed by atoms with van der Waals surface area (Å²) in [6.07, 6.45) is 1.75. The molecular weight excluding hydrogens is 392 g/mol. The van der Waals surface area contributed by atoms with Gasteiger partial charge >= 0.3 is 0 Å². The second kappa shape index (κ2) is 8.28. The number of carbonyl (C=O) groups is 3. The molecule has 0 unspecified atom stereocenters. The number of fused-ring (bicyclic) bond motifs is 1. The summed E-state index contributed by atoms with van der Waals surface area (Å²) >= 11 is 0. The van der Waals surface area contributed by atoms with Crippen molar-refractivity contribution in [2.75, 3.05) is 12.4 Å². The number of methoxy groups -OCH3 is 1. The second-order valence-corrected chi connectivity index (χ2v) is 7.05. The number of rotatable bonds is 6. The number of aromatic nitrogens is 1. The van der Waals surface area contributed by atoms with E-state index in [2.05, 4.69) is 5.32 Å². The lowest BCUT2D eigenvalue weighted by Crippen LogP contribution is -2.24. The average molecular weight is 412 g/mol. The van der Waals surface area contributed by atoms with Gasteiger partial charge in [0.1, 0.15) is 11.4 Å². The normalized spacial score (nSPS) is 10.6. The fraction of sp³-hybridized carbons (Fsp3) is 0.0800. The molecule has 1 amide bonds. The van der Waals surface area contributed by atoms with Crippen LogP contribution in [0.4, 0.5) is 5.69 Å². The third kappa shape index (κ3) is 3.96. The lowest BCUT2D eigenvalue weighted by Gasteiger charge is -2.09. The molecule has 2 heterocycles. The first-order chi connectivity index (χ1) is 15.0. The van der Waals surface area contributed by atoms with Crippen LogP contribution in [0, 0.1) is 0 Å². The molecule has 4 aromatic rings. The Balaban J connectivity index is 1.73. The van der Waals surface area contributed by atoms with Crippen LogP contribution in [0.15, 0.2) is 79.0 Å². The number of nitrogens with one attached hydrogen (secondary N) is 1. The highest BCUT2D eigenvalue weighted by Crippen LogP contribution is 2.30. The van der Waals surface area contributed by atoms with Gasteiger partial charge in [0.05, 0.1) is 7.11 Å². The Bertz CT molecular complexity index is 1300. The molecule has 2 aromatic carbocycles. The van der Waals surface area contributed by atoms with Crippen molar-refractivity contribution in [1.29, 1.82) is 0 Å². The predicted octanol–water partition coefficient (Wildman–Crippen LogP) is 4.64. The number of ether oxygens (including phenoxy) is 1. The molecule has 1 N–H and O–H groups in total. The van der Waals surface area contributed by atoms with Crippen LogP contribution < -0.4 is 10.1 Å². The molecule has 0 bridgehead atoms. The Morgan fingerprint density at radius 1 is 0.903 bits per heavy atom. The molecule has 0 spiro atoms. The average Bonchev–Trinajstić information content (AvgIpc) is 3.18. The van der Waals surface area contributed by atoms with Crippen molar-refractivity contribution in [3.05, 3.63) is 90.3 Å². The third-order valence-corrected chi connectivity index (χ3v) is 5.03. The zero-order valence-electron chi connectivity index (χ0n) is 17.1. The first kappa shape index (κ1) is 20.1. The molecule has 2 aromatic heterocycles. The third-order valence-electron chi connectivity index (χ3n) is 5.03. The Hall–Kier alpha value is -4.19. The van der Waals surface area contributed by atoms with E-state index in [1.54, 1.807) is 60.2 Å². The number of ketones is 2. The zero-order valence-corrected chi connectivity index (χ0v) is 17.1. The summed E-state index contributed by atoms with van der Waals surface area (Å²) in [6, 6.07) is 21.2. The van der Waals surface area contributed by atoms with Crippen LogP contribution in [-0.2, 0) is 4.79 Å². The van der Waals surface area contributed by atoms with Crippen LogP contribution in [-0.4, -0.2) is 29.0 Å². The predicted molar refractivity (Wildman–Crippen MR) is 119 cm³/mol. The van der Waals surface area contributed by atoms with Gasteiger partial charge in [-0.25, -0.2) is 0 Å². The first-order valence-corrected chi connectivity index (χ1v) is 9.69. The zero-order chi connectivity index (χ0) is 22.0. The van der Waals surface area contributed by atoms with E-state index in [9.17, 15) is 14.4 Å². The summed E-state index contributed by atoms with van der Waals surface area (Å²) in [5, 5.41) is 2.61. The van der Waals surface area contributed by atoms with E-state index in [0.717, 1.165) is 11.1 Å². The summed E-state index contributed by atoms with van der Waals surface area (Å²) in [7, 11) is 1.59. The minimum absolute atomic E-state index is 0.123. The summed E-state index contributed by atoms with van der Waals surface area (Å²) in [6.45, 7) is 1.44. The molecule has 0 saturated heterocycles. The molecule has 0 aliphatic heterocycles. The van der Waals surface area contributed by atoms with E-state index in [0.29, 0.717) is 22.6 Å². The molecule has 6 nitrogen and oxygen atoms in total. The molecule has 0 saturated carbocycles. The van der Waals surface area contributed by atoms with Crippen molar-refractivity contribution >= 4 is 28.7 Å². The van der Waals surface area contributed by atoms with Crippen molar-refractivity contribution in [2.45, 2.75) is 6.92 Å². The van der Waals surface area contributed by atoms with Crippen LogP contribution in [0.5, 0.6) is 5.75 Å². The maximum Gasteiger partial charge on any atom is 0.298 e. The van der Waals surface area contributed by atoms with Crippen molar-refractivity contribution in [1.82, 2.24) is 4.40 Å². The van der Waals surface area contributed by atoms with Gasteiger partial charge in [-0.1, -0.05) is 30.3 Å². The Morgan fingerprint density at radius 2 is 1.68 bits per heavy atom. The molecule has 31 heavy (non-hydrogen) atoms. The van der Waals surface area contributed by atoms with Gasteiger partial charge in [-0.3, -0.25) is 14.4 Å². The van der Waals surface area contributed by atoms with Crippen LogP contribution in [0.1, 0.15) is 27.8 Å². The summed E-state index contributed by atoms with van der Waals surface area (Å²) in [5.74, 6) is -0.880. The number of Topliss-reactive ketones (excluding diaryl/α,β-unsaturated/α-hetero) is 2. The van der Waals surface area contributed by atoms with E-state index in [-0.39, 0.29) is 11.5 Å². The fourth-order valence-electron chi connectivity index (χ4n) is 3.46. The van der Waals surface area contributed by atoms with Gasteiger partial charge in [-0.15, -0.1) is 0 Å². The van der Waals surface area contributed by atoms with E-state index >= 15 is 0 Å². The number of benzene rings is 2. The Labute approximate surface area is 179 Å². The fourth-order valence-corrected chi connectivity index (χ4v) is 3.46. The number of hydrogen-bond acceptors (Lipinski definition) is 4. The van der Waals surface area contributed by atoms with Gasteiger partial charge in [0, 0.05) is 28.5 Å². The standard InChI is InChI=1S/C25H20N2O4/c1-16(28)18-6-5-7-19(14-18)26-25(30)24(29)23-22(15-20-8-3-4-13-27(20)23)17-9-11-21(31-2)12-10-17/h3-15H,1-2H3,(H,26,30). The van der Waals surface area contributed by atoms with Crippen LogP contribution in [0.3, 0.4) is 0 Å². The Morgan fingerprint density at radius 3 is 2.39 bits per heavy atom. The largest absolute Gasteiger partial charge is 0.497 e. The van der Waals surface area contributed by atoms with E-state index in [1.807, 2.05) is 30.3 Å². The van der Waals surface area contributed by atoms with Gasteiger partial charge in [0.2, 0.25) is 0 Å². The first-order valence-electron chi connectivity index (χ1n) is 9.69. The highest BCUT2D eigenvalue weighted by Gasteiger charge is 2.25. The van der Waals surface area contributed by atoms with Crippen LogP contribution in [0.25, 0.3) is 16.6 Å². The van der Waals surface area contributed by atoms with Crippen molar-refractivity contribution < 1.29 is 19.1 Å². The molecule has 0 aliphatic rings. The van der Waals surface area contributed by atoms with Gasteiger partial charge < -0.3 is 14.5 Å². The van der Waals surface area contributed by atoms with E-state index in [1.165, 1.54) is 6.92 Å². The highest BCUT2D eigenvalue weighted by atomic mass is 16.5. The summed E-state index contributed by atoms with van der Waals surface area (Å²) < 4.78 is 6.91. The van der Waals surface area contributed by atoms with Gasteiger partial charge in [0.25, 0.3) is 11.7 Å². The number of carbonyl (C=O) groups excluding carboxylic acids is 3. The summed E-state index contributed by atoms with van der Waals surface area (Å²) in [5.41, 5.74) is 3.34. The number of anilines is 1. The molecule has 0 radical (unpaired) electrons. The van der Waals surface area contributed by atoms with E-state index in [4.69, 9.17) is 4.74 Å². The molecule has 6 heteroatoms. The highest BCUT2D eigenvalue weighted by molar-refractivity contribution is 6.47. The smallest absolute Gasteiger partial charge is 0.298 e. The van der Waals surface area contributed by atoms with Gasteiger partial charge in [-0.2, -0.15) is 0 Å². The van der Waals surface area contributed by atoms with E-state index < -0.39 is 11.7 Å². The topological polar surface area (TPSA) is 76.9 Å². The maximum atomic E-state index is 13.2. The molecule has 0 fully saturated rings. The van der Waals surface area contributed by atoms with Crippen molar-refractivity contribution in [3.8, 4) is 16.9 Å². The SMILES string of the molecule is COc1ccc(-c2cc3ccccn3c2C(=O)C(=O)Nc2cccc(C(C)=O)c2)cc1. The lowest BCUT2D eigenvalue weighted by atomic mass is 10.0. The molecule has 0 aliphatic carbocycles. The molecule has 4 rings (SSSR count). The van der Waals surface area contributed by atoms with Crippen LogP contribution >= 0.6 is 0 Å².